The topological polar surface area (TPSA) is 120 Å². The summed E-state index contributed by atoms with van der Waals surface area (Å²) in [5, 5.41) is 17.4. The van der Waals surface area contributed by atoms with E-state index in [2.05, 4.69) is 4.72 Å². The minimum absolute atomic E-state index is 0.0261. The molecule has 1 aromatic carbocycles. The van der Waals surface area contributed by atoms with Gasteiger partial charge >= 0.3 is 5.97 Å². The predicted octanol–water partition coefficient (Wildman–Crippen LogP) is 0.581. The van der Waals surface area contributed by atoms with E-state index in [0.29, 0.717) is 5.56 Å². The van der Waals surface area contributed by atoms with Crippen LogP contribution in [0.1, 0.15) is 22.3 Å². The van der Waals surface area contributed by atoms with Crippen LogP contribution in [0.4, 0.5) is 0 Å². The summed E-state index contributed by atoms with van der Waals surface area (Å²) in [5.41, 5.74) is 0.762. The van der Waals surface area contributed by atoms with Crippen molar-refractivity contribution < 1.29 is 23.1 Å². The van der Waals surface area contributed by atoms with Gasteiger partial charge in [-0.25, -0.2) is 4.79 Å². The molecule has 0 amide bonds. The zero-order chi connectivity index (χ0) is 17.3. The largest absolute Gasteiger partial charge is 0.478 e. The van der Waals surface area contributed by atoms with Gasteiger partial charge in [-0.05, 0) is 17.7 Å². The number of methoxy groups -OCH3 is 1. The van der Waals surface area contributed by atoms with E-state index in [-0.39, 0.29) is 38.2 Å². The zero-order valence-corrected chi connectivity index (χ0v) is 13.5. The molecule has 8 nitrogen and oxygen atoms in total. The first-order valence-corrected chi connectivity index (χ1v) is 8.27. The zero-order valence-electron chi connectivity index (χ0n) is 12.7. The van der Waals surface area contributed by atoms with E-state index in [1.807, 2.05) is 6.07 Å². The molecule has 1 rings (SSSR count). The van der Waals surface area contributed by atoms with Gasteiger partial charge in [0.2, 0.25) is 0 Å². The number of aromatic carboxylic acids is 1. The molecule has 9 heteroatoms. The maximum atomic E-state index is 12.2. The van der Waals surface area contributed by atoms with Crippen molar-refractivity contribution in [3.05, 3.63) is 35.4 Å². The van der Waals surface area contributed by atoms with Gasteiger partial charge in [-0.1, -0.05) is 12.1 Å². The highest BCUT2D eigenvalue weighted by Gasteiger charge is 2.20. The minimum atomic E-state index is -3.76. The lowest BCUT2D eigenvalue weighted by molar-refractivity contribution is 0.0697. The summed E-state index contributed by atoms with van der Waals surface area (Å²) in [6.07, 6.45) is 0.0813. The Morgan fingerprint density at radius 1 is 1.35 bits per heavy atom. The van der Waals surface area contributed by atoms with Crippen molar-refractivity contribution in [2.75, 3.05) is 26.8 Å². The summed E-state index contributed by atoms with van der Waals surface area (Å²) in [6.45, 7) is 0.469. The molecule has 0 aliphatic carbocycles. The van der Waals surface area contributed by atoms with Crippen LogP contribution in [0, 0.1) is 11.3 Å². The molecule has 0 aromatic heterocycles. The molecule has 0 saturated heterocycles. The fourth-order valence-corrected chi connectivity index (χ4v) is 2.93. The second kappa shape index (κ2) is 9.22. The Bertz CT molecular complexity index is 652. The van der Waals surface area contributed by atoms with Gasteiger partial charge in [0.15, 0.2) is 0 Å². The number of carbonyl (C=O) groups is 1. The maximum Gasteiger partial charge on any atom is 0.335 e. The molecule has 0 radical (unpaired) electrons. The van der Waals surface area contributed by atoms with Crippen molar-refractivity contribution in [2.45, 2.75) is 13.0 Å². The number of rotatable bonds is 10. The van der Waals surface area contributed by atoms with Gasteiger partial charge in [-0.2, -0.15) is 22.7 Å². The molecule has 0 aliphatic rings. The van der Waals surface area contributed by atoms with Crippen LogP contribution in [-0.2, 0) is 21.5 Å². The van der Waals surface area contributed by atoms with E-state index in [1.165, 1.54) is 19.2 Å². The van der Waals surface area contributed by atoms with Crippen LogP contribution in [0.15, 0.2) is 24.3 Å². The Labute approximate surface area is 135 Å². The molecule has 23 heavy (non-hydrogen) atoms. The number of nitrogens with one attached hydrogen (secondary N) is 1. The van der Waals surface area contributed by atoms with Crippen LogP contribution < -0.4 is 4.72 Å². The highest BCUT2D eigenvalue weighted by Crippen LogP contribution is 2.06. The summed E-state index contributed by atoms with van der Waals surface area (Å²) in [5.74, 6) is -1.04. The van der Waals surface area contributed by atoms with Crippen LogP contribution in [0.2, 0.25) is 0 Å². The van der Waals surface area contributed by atoms with Gasteiger partial charge in [0.05, 0.1) is 18.2 Å². The third kappa shape index (κ3) is 6.33. The number of hydrogen-bond acceptors (Lipinski definition) is 5. The van der Waals surface area contributed by atoms with E-state index < -0.39 is 16.2 Å². The Morgan fingerprint density at radius 2 is 2.00 bits per heavy atom. The number of nitrogens with zero attached hydrogens (tertiary/aromatic N) is 2. The van der Waals surface area contributed by atoms with Crippen molar-refractivity contribution in [2.24, 2.45) is 0 Å². The highest BCUT2D eigenvalue weighted by molar-refractivity contribution is 7.87. The number of hydrogen-bond donors (Lipinski definition) is 2. The number of carboxylic acid groups (broad SMARTS) is 1. The molecule has 0 bridgehead atoms. The lowest BCUT2D eigenvalue weighted by Crippen LogP contribution is -2.42. The Kier molecular flexibility index (Phi) is 7.64. The molecule has 1 aromatic rings. The van der Waals surface area contributed by atoms with Gasteiger partial charge in [0.25, 0.3) is 10.2 Å². The SMILES string of the molecule is COCCN(CCC#N)S(=O)(=O)NCc1ccc(C(=O)O)cc1. The van der Waals surface area contributed by atoms with Crippen molar-refractivity contribution in [3.63, 3.8) is 0 Å². The normalized spacial score (nSPS) is 11.3. The molecule has 0 spiro atoms. The molecule has 0 aliphatic heterocycles. The van der Waals surface area contributed by atoms with Crippen LogP contribution in [0.5, 0.6) is 0 Å². The van der Waals surface area contributed by atoms with E-state index in [0.717, 1.165) is 4.31 Å². The van der Waals surface area contributed by atoms with Crippen LogP contribution in [0.25, 0.3) is 0 Å². The summed E-state index contributed by atoms with van der Waals surface area (Å²) >= 11 is 0. The molecule has 0 heterocycles. The summed E-state index contributed by atoms with van der Waals surface area (Å²) in [4.78, 5) is 10.8. The first kappa shape index (κ1) is 19.1. The van der Waals surface area contributed by atoms with E-state index >= 15 is 0 Å². The molecule has 0 unspecified atom stereocenters. The maximum absolute atomic E-state index is 12.2. The third-order valence-corrected chi connectivity index (χ3v) is 4.57. The monoisotopic (exact) mass is 341 g/mol. The quantitative estimate of drug-likeness (QED) is 0.642. The lowest BCUT2D eigenvalue weighted by atomic mass is 10.1. The van der Waals surface area contributed by atoms with Gasteiger partial charge in [0, 0.05) is 33.2 Å². The second-order valence-electron chi connectivity index (χ2n) is 4.63. The molecule has 0 fully saturated rings. The molecule has 126 valence electrons. The van der Waals surface area contributed by atoms with E-state index in [4.69, 9.17) is 15.1 Å². The number of carboxylic acids is 1. The standard InChI is InChI=1S/C14H19N3O5S/c1-22-10-9-17(8-2-7-15)23(20,21)16-11-12-3-5-13(6-4-12)14(18)19/h3-6,16H,2,8-11H2,1H3,(H,18,19). The Hall–Kier alpha value is -1.99. The first-order valence-electron chi connectivity index (χ1n) is 6.83. The summed E-state index contributed by atoms with van der Waals surface area (Å²) < 4.78 is 32.9. The molecular formula is C14H19N3O5S. The van der Waals surface area contributed by atoms with Crippen molar-refractivity contribution in [3.8, 4) is 6.07 Å². The van der Waals surface area contributed by atoms with Gasteiger partial charge < -0.3 is 9.84 Å². The van der Waals surface area contributed by atoms with E-state index in [1.54, 1.807) is 12.1 Å². The van der Waals surface area contributed by atoms with Crippen LogP contribution in [0.3, 0.4) is 0 Å². The predicted molar refractivity (Wildman–Crippen MR) is 82.8 cm³/mol. The van der Waals surface area contributed by atoms with Crippen molar-refractivity contribution >= 4 is 16.2 Å². The third-order valence-electron chi connectivity index (χ3n) is 3.02. The van der Waals surface area contributed by atoms with Crippen LogP contribution >= 0.6 is 0 Å². The average Bonchev–Trinajstić information content (AvgIpc) is 2.53. The van der Waals surface area contributed by atoms with Crippen molar-refractivity contribution in [1.29, 1.82) is 5.26 Å². The average molecular weight is 341 g/mol. The van der Waals surface area contributed by atoms with Gasteiger partial charge in [-0.15, -0.1) is 0 Å². The second-order valence-corrected chi connectivity index (χ2v) is 6.38. The van der Waals surface area contributed by atoms with Crippen molar-refractivity contribution in [1.82, 2.24) is 9.03 Å². The molecule has 0 atom stereocenters. The smallest absolute Gasteiger partial charge is 0.335 e. The highest BCUT2D eigenvalue weighted by atomic mass is 32.2. The number of ether oxygens (including phenoxy) is 1. The number of nitriles is 1. The Morgan fingerprint density at radius 3 is 2.52 bits per heavy atom. The number of benzene rings is 1. The molecule has 0 saturated carbocycles. The first-order chi connectivity index (χ1) is 10.9. The Balaban J connectivity index is 2.70. The summed E-state index contributed by atoms with van der Waals surface area (Å²) in [7, 11) is -2.29. The minimum Gasteiger partial charge on any atom is -0.478 e. The molecular weight excluding hydrogens is 322 g/mol. The fraction of sp³-hybridized carbons (Fsp3) is 0.429. The lowest BCUT2D eigenvalue weighted by Gasteiger charge is -2.21. The van der Waals surface area contributed by atoms with Gasteiger partial charge in [0.1, 0.15) is 0 Å². The molecule has 2 N–H and O–H groups in total. The fourth-order valence-electron chi connectivity index (χ4n) is 1.75. The van der Waals surface area contributed by atoms with Crippen LogP contribution in [-0.4, -0.2) is 50.6 Å². The summed E-state index contributed by atoms with van der Waals surface area (Å²) in [6, 6.07) is 7.81. The van der Waals surface area contributed by atoms with Gasteiger partial charge in [-0.3, -0.25) is 0 Å². The van der Waals surface area contributed by atoms with E-state index in [9.17, 15) is 13.2 Å².